The van der Waals surface area contributed by atoms with Gasteiger partial charge < -0.3 is 15.2 Å². The van der Waals surface area contributed by atoms with Crippen LogP contribution in [0.5, 0.6) is 5.75 Å². The third kappa shape index (κ3) is 4.00. The number of aliphatic hydroxyl groups excluding tert-OH is 1. The smallest absolute Gasteiger partial charge is 0.223 e. The van der Waals surface area contributed by atoms with Crippen molar-refractivity contribution in [3.63, 3.8) is 0 Å². The summed E-state index contributed by atoms with van der Waals surface area (Å²) in [7, 11) is 0. The quantitative estimate of drug-likeness (QED) is 0.848. The van der Waals surface area contributed by atoms with Gasteiger partial charge in [0.25, 0.3) is 0 Å². The van der Waals surface area contributed by atoms with E-state index in [0.717, 1.165) is 12.8 Å². The van der Waals surface area contributed by atoms with Crippen LogP contribution in [0.3, 0.4) is 0 Å². The van der Waals surface area contributed by atoms with Crippen LogP contribution in [-0.4, -0.2) is 29.8 Å². The molecule has 1 fully saturated rings. The third-order valence-corrected chi connectivity index (χ3v) is 3.79. The molecule has 0 bridgehead atoms. The molecule has 1 aromatic rings. The highest BCUT2D eigenvalue weighted by Crippen LogP contribution is 2.34. The molecule has 0 radical (unpaired) electrons. The number of carbonyl (C=O) groups excluding carboxylic acids is 1. The Labute approximate surface area is 121 Å². The van der Waals surface area contributed by atoms with Crippen molar-refractivity contribution in [1.29, 1.82) is 0 Å². The Hall–Kier alpha value is -0.970. The minimum atomic E-state index is -0.374. The maximum absolute atomic E-state index is 11.6. The molecule has 1 amide bonds. The van der Waals surface area contributed by atoms with Gasteiger partial charge in [-0.25, -0.2) is 0 Å². The highest BCUT2D eigenvalue weighted by molar-refractivity contribution is 6.42. The fourth-order valence-corrected chi connectivity index (χ4v) is 1.95. The average Bonchev–Trinajstić information content (AvgIpc) is 3.14. The van der Waals surface area contributed by atoms with Crippen LogP contribution in [0.15, 0.2) is 18.2 Å². The Morgan fingerprint density at radius 1 is 1.37 bits per heavy atom. The lowest BCUT2D eigenvalue weighted by Crippen LogP contribution is -2.40. The molecule has 1 aliphatic carbocycles. The van der Waals surface area contributed by atoms with Crippen LogP contribution in [0.1, 0.15) is 19.3 Å². The highest BCUT2D eigenvalue weighted by Gasteiger charge is 2.43. The van der Waals surface area contributed by atoms with E-state index in [1.54, 1.807) is 18.2 Å². The molecular weight excluding hydrogens is 289 g/mol. The average molecular weight is 304 g/mol. The SMILES string of the molecule is O=C(CCOc1ccc(Cl)c(Cl)c1)NC1(CO)CC1. The van der Waals surface area contributed by atoms with Crippen molar-refractivity contribution in [1.82, 2.24) is 5.32 Å². The summed E-state index contributed by atoms with van der Waals surface area (Å²) in [5.41, 5.74) is -0.374. The van der Waals surface area contributed by atoms with Crippen LogP contribution in [0.25, 0.3) is 0 Å². The maximum atomic E-state index is 11.6. The van der Waals surface area contributed by atoms with Crippen molar-refractivity contribution in [2.75, 3.05) is 13.2 Å². The summed E-state index contributed by atoms with van der Waals surface area (Å²) in [6.07, 6.45) is 1.91. The van der Waals surface area contributed by atoms with E-state index in [4.69, 9.17) is 33.0 Å². The van der Waals surface area contributed by atoms with E-state index in [1.807, 2.05) is 0 Å². The lowest BCUT2D eigenvalue weighted by atomic mass is 10.2. The van der Waals surface area contributed by atoms with Crippen molar-refractivity contribution in [3.8, 4) is 5.75 Å². The summed E-state index contributed by atoms with van der Waals surface area (Å²) >= 11 is 11.6. The minimum Gasteiger partial charge on any atom is -0.493 e. The van der Waals surface area contributed by atoms with Crippen molar-refractivity contribution in [2.24, 2.45) is 0 Å². The molecule has 0 unspecified atom stereocenters. The summed E-state index contributed by atoms with van der Waals surface area (Å²) in [5, 5.41) is 12.8. The van der Waals surface area contributed by atoms with Gasteiger partial charge in [-0.3, -0.25) is 4.79 Å². The molecule has 0 atom stereocenters. The number of rotatable bonds is 6. The van der Waals surface area contributed by atoms with Gasteiger partial charge in [0.2, 0.25) is 5.91 Å². The molecule has 0 heterocycles. The van der Waals surface area contributed by atoms with Gasteiger partial charge in [-0.05, 0) is 25.0 Å². The van der Waals surface area contributed by atoms with Gasteiger partial charge >= 0.3 is 0 Å². The Morgan fingerprint density at radius 2 is 2.11 bits per heavy atom. The van der Waals surface area contributed by atoms with Crippen LogP contribution < -0.4 is 10.1 Å². The first-order chi connectivity index (χ1) is 9.04. The van der Waals surface area contributed by atoms with Crippen molar-refractivity contribution in [3.05, 3.63) is 28.2 Å². The lowest BCUT2D eigenvalue weighted by molar-refractivity contribution is -0.122. The Kier molecular flexibility index (Phi) is 4.55. The zero-order valence-electron chi connectivity index (χ0n) is 10.3. The van der Waals surface area contributed by atoms with Crippen LogP contribution >= 0.6 is 23.2 Å². The fourth-order valence-electron chi connectivity index (χ4n) is 1.66. The monoisotopic (exact) mass is 303 g/mol. The van der Waals surface area contributed by atoms with Gasteiger partial charge in [0.15, 0.2) is 0 Å². The van der Waals surface area contributed by atoms with Crippen molar-refractivity contribution >= 4 is 29.1 Å². The molecule has 0 spiro atoms. The third-order valence-electron chi connectivity index (χ3n) is 3.05. The number of benzene rings is 1. The highest BCUT2D eigenvalue weighted by atomic mass is 35.5. The summed E-state index contributed by atoms with van der Waals surface area (Å²) < 4.78 is 5.41. The Bertz CT molecular complexity index is 475. The Balaban J connectivity index is 1.74. The molecule has 2 rings (SSSR count). The second-order valence-corrected chi connectivity index (χ2v) is 5.48. The summed E-state index contributed by atoms with van der Waals surface area (Å²) in [6, 6.07) is 4.95. The standard InChI is InChI=1S/C13H15Cl2NO3/c14-10-2-1-9(7-11(10)15)19-6-3-12(18)16-13(8-17)4-5-13/h1-2,7,17H,3-6,8H2,(H,16,18). The number of nitrogens with one attached hydrogen (secondary N) is 1. The van der Waals surface area contributed by atoms with Crippen molar-refractivity contribution in [2.45, 2.75) is 24.8 Å². The molecule has 19 heavy (non-hydrogen) atoms. The van der Waals surface area contributed by atoms with Crippen LogP contribution in [0.4, 0.5) is 0 Å². The van der Waals surface area contributed by atoms with E-state index in [-0.39, 0.29) is 31.1 Å². The number of ether oxygens (including phenoxy) is 1. The van der Waals surface area contributed by atoms with E-state index in [9.17, 15) is 4.79 Å². The predicted molar refractivity (Wildman–Crippen MR) is 73.8 cm³/mol. The summed E-state index contributed by atoms with van der Waals surface area (Å²) in [6.45, 7) is 0.248. The van der Waals surface area contributed by atoms with Gasteiger partial charge in [-0.1, -0.05) is 23.2 Å². The number of amides is 1. The Morgan fingerprint density at radius 3 is 2.68 bits per heavy atom. The number of carbonyl (C=O) groups is 1. The first-order valence-electron chi connectivity index (χ1n) is 6.04. The van der Waals surface area contributed by atoms with Gasteiger partial charge in [-0.15, -0.1) is 0 Å². The van der Waals surface area contributed by atoms with Gasteiger partial charge in [0, 0.05) is 6.07 Å². The normalized spacial score (nSPS) is 15.9. The molecule has 6 heteroatoms. The van der Waals surface area contributed by atoms with E-state index in [0.29, 0.717) is 15.8 Å². The molecule has 1 saturated carbocycles. The lowest BCUT2D eigenvalue weighted by Gasteiger charge is -2.14. The number of aliphatic hydroxyl groups is 1. The van der Waals surface area contributed by atoms with Crippen LogP contribution in [0.2, 0.25) is 10.0 Å². The molecule has 1 aromatic carbocycles. The largest absolute Gasteiger partial charge is 0.493 e. The molecule has 0 aromatic heterocycles. The second-order valence-electron chi connectivity index (χ2n) is 4.66. The van der Waals surface area contributed by atoms with E-state index in [2.05, 4.69) is 5.32 Å². The molecule has 1 aliphatic rings. The number of halogens is 2. The molecule has 2 N–H and O–H groups in total. The molecular formula is C13H15Cl2NO3. The van der Waals surface area contributed by atoms with Gasteiger partial charge in [-0.2, -0.15) is 0 Å². The molecule has 0 aliphatic heterocycles. The minimum absolute atomic E-state index is 0.00755. The molecule has 0 saturated heterocycles. The van der Waals surface area contributed by atoms with E-state index >= 15 is 0 Å². The second kappa shape index (κ2) is 5.99. The summed E-state index contributed by atoms with van der Waals surface area (Å²) in [5.74, 6) is 0.456. The zero-order valence-corrected chi connectivity index (χ0v) is 11.8. The van der Waals surface area contributed by atoms with E-state index < -0.39 is 0 Å². The van der Waals surface area contributed by atoms with Crippen molar-refractivity contribution < 1.29 is 14.6 Å². The number of hydrogen-bond donors (Lipinski definition) is 2. The topological polar surface area (TPSA) is 58.6 Å². The first-order valence-corrected chi connectivity index (χ1v) is 6.80. The first kappa shape index (κ1) is 14.4. The van der Waals surface area contributed by atoms with Gasteiger partial charge in [0.05, 0.1) is 35.2 Å². The fraction of sp³-hybridized carbons (Fsp3) is 0.462. The maximum Gasteiger partial charge on any atom is 0.223 e. The summed E-state index contributed by atoms with van der Waals surface area (Å²) in [4.78, 5) is 11.6. The number of hydrogen-bond acceptors (Lipinski definition) is 3. The van der Waals surface area contributed by atoms with Gasteiger partial charge in [0.1, 0.15) is 5.75 Å². The molecule has 104 valence electrons. The molecule has 4 nitrogen and oxygen atoms in total. The van der Waals surface area contributed by atoms with Crippen LogP contribution in [0, 0.1) is 0 Å². The van der Waals surface area contributed by atoms with Crippen LogP contribution in [-0.2, 0) is 4.79 Å². The van der Waals surface area contributed by atoms with E-state index in [1.165, 1.54) is 0 Å². The zero-order chi connectivity index (χ0) is 13.9. The predicted octanol–water partition coefficient (Wildman–Crippen LogP) is 2.40.